The summed E-state index contributed by atoms with van der Waals surface area (Å²) in [5.74, 6) is 0. The van der Waals surface area contributed by atoms with Crippen LogP contribution in [0.1, 0.15) is 5.01 Å². The molecule has 0 radical (unpaired) electrons. The van der Waals surface area contributed by atoms with Gasteiger partial charge in [0.25, 0.3) is 0 Å². The normalized spacial score (nSPS) is 8.70. The highest BCUT2D eigenvalue weighted by Gasteiger charge is 1.92. The minimum absolute atomic E-state index is 0.685. The Balaban J connectivity index is 2.23. The Morgan fingerprint density at radius 2 is 2.70 bits per heavy atom. The Labute approximate surface area is 63.3 Å². The smallest absolute Gasteiger partial charge is 0.176 e. The lowest BCUT2D eigenvalue weighted by Crippen LogP contribution is -2.09. The standard InChI is InChI=1S/C6H7N3S/c7-5-8-2-1-6-9-3-4-10-6/h3-4,8H,1-2H2. The van der Waals surface area contributed by atoms with Crippen LogP contribution in [0.25, 0.3) is 0 Å². The van der Waals surface area contributed by atoms with Gasteiger partial charge in [0, 0.05) is 24.5 Å². The molecule has 10 heavy (non-hydrogen) atoms. The summed E-state index contributed by atoms with van der Waals surface area (Å²) in [6, 6.07) is 0. The molecule has 1 heterocycles. The highest BCUT2D eigenvalue weighted by atomic mass is 32.1. The fraction of sp³-hybridized carbons (Fsp3) is 0.333. The van der Waals surface area contributed by atoms with Gasteiger partial charge in [-0.3, -0.25) is 0 Å². The summed E-state index contributed by atoms with van der Waals surface area (Å²) < 4.78 is 0. The van der Waals surface area contributed by atoms with Crippen LogP contribution in [0.3, 0.4) is 0 Å². The van der Waals surface area contributed by atoms with Crippen molar-refractivity contribution < 1.29 is 0 Å². The Bertz CT molecular complexity index is 211. The summed E-state index contributed by atoms with van der Waals surface area (Å²) >= 11 is 1.61. The number of nitrogens with zero attached hydrogens (tertiary/aromatic N) is 2. The van der Waals surface area contributed by atoms with E-state index in [0.717, 1.165) is 11.4 Å². The summed E-state index contributed by atoms with van der Waals surface area (Å²) in [4.78, 5) is 4.06. The number of thiazole rings is 1. The van der Waals surface area contributed by atoms with E-state index in [2.05, 4.69) is 10.3 Å². The summed E-state index contributed by atoms with van der Waals surface area (Å²) in [7, 11) is 0. The minimum atomic E-state index is 0.685. The second kappa shape index (κ2) is 3.85. The van der Waals surface area contributed by atoms with E-state index in [1.807, 2.05) is 11.6 Å². The van der Waals surface area contributed by atoms with E-state index in [0.29, 0.717) is 6.54 Å². The average Bonchev–Trinajstić information content (AvgIpc) is 2.41. The van der Waals surface area contributed by atoms with E-state index in [1.165, 1.54) is 0 Å². The van der Waals surface area contributed by atoms with Crippen LogP contribution in [-0.2, 0) is 6.42 Å². The van der Waals surface area contributed by atoms with Gasteiger partial charge < -0.3 is 5.32 Å². The number of aromatic nitrogens is 1. The molecule has 0 fully saturated rings. The SMILES string of the molecule is N#CNCCc1nccs1. The summed E-state index contributed by atoms with van der Waals surface area (Å²) in [5.41, 5.74) is 0. The van der Waals surface area contributed by atoms with E-state index < -0.39 is 0 Å². The van der Waals surface area contributed by atoms with Crippen LogP contribution in [0.15, 0.2) is 11.6 Å². The van der Waals surface area contributed by atoms with Gasteiger partial charge in [-0.15, -0.1) is 11.3 Å². The van der Waals surface area contributed by atoms with Crippen molar-refractivity contribution in [2.45, 2.75) is 6.42 Å². The molecule has 0 aromatic carbocycles. The number of hydrogen-bond acceptors (Lipinski definition) is 4. The molecule has 0 saturated heterocycles. The Kier molecular flexibility index (Phi) is 2.71. The average molecular weight is 153 g/mol. The molecule has 0 bridgehead atoms. The molecule has 1 N–H and O–H groups in total. The van der Waals surface area contributed by atoms with Crippen molar-refractivity contribution in [2.24, 2.45) is 0 Å². The second-order valence-corrected chi connectivity index (χ2v) is 2.69. The highest BCUT2D eigenvalue weighted by Crippen LogP contribution is 2.02. The Morgan fingerprint density at radius 3 is 3.30 bits per heavy atom. The van der Waals surface area contributed by atoms with Crippen LogP contribution in [-0.4, -0.2) is 11.5 Å². The van der Waals surface area contributed by atoms with E-state index in [1.54, 1.807) is 17.5 Å². The van der Waals surface area contributed by atoms with Gasteiger partial charge in [0.1, 0.15) is 0 Å². The van der Waals surface area contributed by atoms with Crippen LogP contribution >= 0.6 is 11.3 Å². The molecule has 1 rings (SSSR count). The molecule has 4 heteroatoms. The van der Waals surface area contributed by atoms with Gasteiger partial charge in [-0.25, -0.2) is 4.98 Å². The fourth-order valence-electron chi connectivity index (χ4n) is 0.602. The van der Waals surface area contributed by atoms with E-state index >= 15 is 0 Å². The second-order valence-electron chi connectivity index (χ2n) is 1.71. The van der Waals surface area contributed by atoms with Crippen molar-refractivity contribution in [3.05, 3.63) is 16.6 Å². The molecule has 52 valence electrons. The van der Waals surface area contributed by atoms with Gasteiger partial charge in [-0.2, -0.15) is 5.26 Å². The third-order valence-corrected chi connectivity index (χ3v) is 1.87. The molecule has 0 unspecified atom stereocenters. The van der Waals surface area contributed by atoms with Gasteiger partial charge in [0.05, 0.1) is 5.01 Å². The minimum Gasteiger partial charge on any atom is -0.323 e. The largest absolute Gasteiger partial charge is 0.323 e. The molecule has 0 saturated carbocycles. The third-order valence-electron chi connectivity index (χ3n) is 1.03. The molecule has 0 amide bonds. The lowest BCUT2D eigenvalue weighted by molar-refractivity contribution is 0.837. The van der Waals surface area contributed by atoms with E-state index in [-0.39, 0.29) is 0 Å². The zero-order chi connectivity index (χ0) is 7.23. The maximum atomic E-state index is 8.12. The van der Waals surface area contributed by atoms with E-state index in [9.17, 15) is 0 Å². The van der Waals surface area contributed by atoms with Crippen molar-refractivity contribution in [1.29, 1.82) is 5.26 Å². The zero-order valence-corrected chi connectivity index (χ0v) is 6.19. The first-order valence-corrected chi connectivity index (χ1v) is 3.82. The summed E-state index contributed by atoms with van der Waals surface area (Å²) in [5, 5.41) is 13.7. The van der Waals surface area contributed by atoms with E-state index in [4.69, 9.17) is 5.26 Å². The molecule has 0 aliphatic heterocycles. The predicted octanol–water partition coefficient (Wildman–Crippen LogP) is 0.756. The number of nitriles is 1. The third kappa shape index (κ3) is 2.03. The monoisotopic (exact) mass is 153 g/mol. The molecule has 0 spiro atoms. The zero-order valence-electron chi connectivity index (χ0n) is 5.37. The van der Waals surface area contributed by atoms with Crippen LogP contribution in [0.4, 0.5) is 0 Å². The highest BCUT2D eigenvalue weighted by molar-refractivity contribution is 7.09. The Hall–Kier alpha value is -1.08. The molecule has 0 atom stereocenters. The molecular weight excluding hydrogens is 146 g/mol. The van der Waals surface area contributed by atoms with Crippen molar-refractivity contribution in [3.8, 4) is 6.19 Å². The van der Waals surface area contributed by atoms with Crippen LogP contribution in [0.2, 0.25) is 0 Å². The molecule has 0 aliphatic carbocycles. The van der Waals surface area contributed by atoms with Gasteiger partial charge in [-0.1, -0.05) is 0 Å². The Morgan fingerprint density at radius 1 is 1.80 bits per heavy atom. The summed E-state index contributed by atoms with van der Waals surface area (Å²) in [6.07, 6.45) is 4.47. The van der Waals surface area contributed by atoms with Crippen molar-refractivity contribution in [2.75, 3.05) is 6.54 Å². The summed E-state index contributed by atoms with van der Waals surface area (Å²) in [6.45, 7) is 0.685. The first-order chi connectivity index (χ1) is 4.93. The maximum absolute atomic E-state index is 8.12. The fourth-order valence-corrected chi connectivity index (χ4v) is 1.22. The lowest BCUT2D eigenvalue weighted by Gasteiger charge is -1.91. The van der Waals surface area contributed by atoms with Crippen molar-refractivity contribution >= 4 is 11.3 Å². The van der Waals surface area contributed by atoms with Crippen LogP contribution in [0.5, 0.6) is 0 Å². The topological polar surface area (TPSA) is 48.7 Å². The maximum Gasteiger partial charge on any atom is 0.176 e. The quantitative estimate of drug-likeness (QED) is 0.396. The molecule has 0 aliphatic rings. The van der Waals surface area contributed by atoms with Gasteiger partial charge >= 0.3 is 0 Å². The van der Waals surface area contributed by atoms with Gasteiger partial charge in [-0.05, 0) is 0 Å². The number of nitrogens with one attached hydrogen (secondary N) is 1. The number of rotatable bonds is 3. The van der Waals surface area contributed by atoms with Crippen molar-refractivity contribution in [1.82, 2.24) is 10.3 Å². The molecule has 3 nitrogen and oxygen atoms in total. The lowest BCUT2D eigenvalue weighted by atomic mass is 10.4. The first-order valence-electron chi connectivity index (χ1n) is 2.94. The van der Waals surface area contributed by atoms with Gasteiger partial charge in [0.2, 0.25) is 0 Å². The van der Waals surface area contributed by atoms with Crippen LogP contribution < -0.4 is 5.32 Å². The molecular formula is C6H7N3S. The first kappa shape index (κ1) is 7.03. The predicted molar refractivity (Wildman–Crippen MR) is 39.4 cm³/mol. The molecule has 1 aromatic rings. The molecule has 1 aromatic heterocycles. The van der Waals surface area contributed by atoms with Crippen molar-refractivity contribution in [3.63, 3.8) is 0 Å². The van der Waals surface area contributed by atoms with Crippen LogP contribution in [0, 0.1) is 11.5 Å². The van der Waals surface area contributed by atoms with Gasteiger partial charge in [0.15, 0.2) is 6.19 Å². The number of hydrogen-bond donors (Lipinski definition) is 1.